The molecule has 0 saturated heterocycles. The summed E-state index contributed by atoms with van der Waals surface area (Å²) in [5.74, 6) is 0.224. The average molecular weight is 269 g/mol. The normalized spacial score (nSPS) is 11.7. The summed E-state index contributed by atoms with van der Waals surface area (Å²) in [6.07, 6.45) is 4.11. The Morgan fingerprint density at radius 2 is 2.13 bits per heavy atom. The zero-order valence-corrected chi connectivity index (χ0v) is 10.3. The third kappa shape index (κ3) is 3.95. The first-order valence-electron chi connectivity index (χ1n) is 4.06. The highest BCUT2D eigenvalue weighted by atomic mass is 35.5. The summed E-state index contributed by atoms with van der Waals surface area (Å²) in [6, 6.07) is 0. The summed E-state index contributed by atoms with van der Waals surface area (Å²) in [6.45, 7) is 0.147. The maximum Gasteiger partial charge on any atom is 0.209 e. The first kappa shape index (κ1) is 12.7. The van der Waals surface area contributed by atoms with E-state index in [-0.39, 0.29) is 12.4 Å². The fourth-order valence-electron chi connectivity index (χ4n) is 1.01. The summed E-state index contributed by atoms with van der Waals surface area (Å²) in [7, 11) is -3.22. The summed E-state index contributed by atoms with van der Waals surface area (Å²) in [5.41, 5.74) is 1.38. The van der Waals surface area contributed by atoms with Crippen molar-refractivity contribution in [2.75, 3.05) is 6.26 Å². The lowest BCUT2D eigenvalue weighted by Gasteiger charge is -2.08. The molecule has 0 aliphatic rings. The molecule has 0 aromatic carbocycles. The Balaban J connectivity index is 2.90. The van der Waals surface area contributed by atoms with Crippen LogP contribution in [0.3, 0.4) is 0 Å². The Labute approximate surface area is 98.7 Å². The van der Waals surface area contributed by atoms with Crippen molar-refractivity contribution in [2.45, 2.75) is 12.4 Å². The van der Waals surface area contributed by atoms with Gasteiger partial charge in [0.25, 0.3) is 0 Å². The van der Waals surface area contributed by atoms with Gasteiger partial charge >= 0.3 is 0 Å². The Morgan fingerprint density at radius 1 is 1.47 bits per heavy atom. The molecule has 0 amide bonds. The fourth-order valence-corrected chi connectivity index (χ4v) is 2.06. The lowest BCUT2D eigenvalue weighted by atomic mass is 10.2. The van der Waals surface area contributed by atoms with Gasteiger partial charge in [0.15, 0.2) is 0 Å². The summed E-state index contributed by atoms with van der Waals surface area (Å²) in [4.78, 5) is 3.87. The van der Waals surface area contributed by atoms with E-state index < -0.39 is 10.0 Å². The van der Waals surface area contributed by atoms with Crippen molar-refractivity contribution in [3.8, 4) is 0 Å². The van der Waals surface area contributed by atoms with Crippen LogP contribution in [0.5, 0.6) is 0 Å². The highest BCUT2D eigenvalue weighted by molar-refractivity contribution is 7.88. The van der Waals surface area contributed by atoms with Gasteiger partial charge in [-0.25, -0.2) is 13.1 Å². The molecule has 1 heterocycles. The second kappa shape index (κ2) is 5.12. The van der Waals surface area contributed by atoms with E-state index in [0.29, 0.717) is 16.1 Å². The highest BCUT2D eigenvalue weighted by Crippen LogP contribution is 2.20. The van der Waals surface area contributed by atoms with Crippen LogP contribution in [-0.2, 0) is 22.4 Å². The number of nitrogens with zero attached hydrogens (tertiary/aromatic N) is 1. The largest absolute Gasteiger partial charge is 0.263 e. The second-order valence-electron chi connectivity index (χ2n) is 2.99. The van der Waals surface area contributed by atoms with Gasteiger partial charge in [-0.15, -0.1) is 11.6 Å². The molecule has 4 nitrogen and oxygen atoms in total. The van der Waals surface area contributed by atoms with Gasteiger partial charge in [-0.1, -0.05) is 11.6 Å². The zero-order chi connectivity index (χ0) is 11.5. The monoisotopic (exact) mass is 268 g/mol. The SMILES string of the molecule is CS(=O)(=O)NCc1cncc(Cl)c1CCl. The number of rotatable bonds is 4. The Kier molecular flexibility index (Phi) is 4.33. The predicted molar refractivity (Wildman–Crippen MR) is 60.5 cm³/mol. The van der Waals surface area contributed by atoms with Gasteiger partial charge in [0.2, 0.25) is 10.0 Å². The van der Waals surface area contributed by atoms with Gasteiger partial charge in [-0.05, 0) is 11.1 Å². The van der Waals surface area contributed by atoms with E-state index in [1.807, 2.05) is 0 Å². The molecule has 1 N–H and O–H groups in total. The molecule has 0 radical (unpaired) electrons. The van der Waals surface area contributed by atoms with E-state index in [9.17, 15) is 8.42 Å². The van der Waals surface area contributed by atoms with Crippen LogP contribution in [0.4, 0.5) is 0 Å². The minimum Gasteiger partial charge on any atom is -0.263 e. The lowest BCUT2D eigenvalue weighted by Crippen LogP contribution is -2.22. The number of nitrogens with one attached hydrogen (secondary N) is 1. The lowest BCUT2D eigenvalue weighted by molar-refractivity contribution is 0.587. The zero-order valence-electron chi connectivity index (χ0n) is 8.00. The van der Waals surface area contributed by atoms with E-state index >= 15 is 0 Å². The molecular formula is C8H10Cl2N2O2S. The van der Waals surface area contributed by atoms with Crippen molar-refractivity contribution in [2.24, 2.45) is 0 Å². The van der Waals surface area contributed by atoms with Gasteiger partial charge in [-0.2, -0.15) is 0 Å². The standard InChI is InChI=1S/C8H10Cl2N2O2S/c1-15(13,14)12-4-6-3-11-5-8(10)7(6)2-9/h3,5,12H,2,4H2,1H3. The molecule has 1 aromatic heterocycles. The molecule has 0 fully saturated rings. The van der Waals surface area contributed by atoms with Crippen LogP contribution in [0.15, 0.2) is 12.4 Å². The molecule has 0 atom stereocenters. The van der Waals surface area contributed by atoms with Crippen LogP contribution < -0.4 is 4.72 Å². The maximum atomic E-state index is 10.9. The number of alkyl halides is 1. The Hall–Kier alpha value is -0.360. The van der Waals surface area contributed by atoms with E-state index in [1.165, 1.54) is 6.20 Å². The third-order valence-corrected chi connectivity index (χ3v) is 3.01. The molecular weight excluding hydrogens is 259 g/mol. The van der Waals surface area contributed by atoms with Crippen molar-refractivity contribution in [3.05, 3.63) is 28.5 Å². The molecule has 1 rings (SSSR count). The molecule has 1 aromatic rings. The van der Waals surface area contributed by atoms with Crippen LogP contribution in [0.1, 0.15) is 11.1 Å². The first-order chi connectivity index (χ1) is 6.94. The maximum absolute atomic E-state index is 10.9. The summed E-state index contributed by atoms with van der Waals surface area (Å²) >= 11 is 11.6. The minimum atomic E-state index is -3.22. The molecule has 0 saturated carbocycles. The van der Waals surface area contributed by atoms with Crippen LogP contribution >= 0.6 is 23.2 Å². The molecule has 84 valence electrons. The molecule has 0 aliphatic carbocycles. The van der Waals surface area contributed by atoms with Crippen LogP contribution in [0, 0.1) is 0 Å². The number of hydrogen-bond acceptors (Lipinski definition) is 3. The molecule has 15 heavy (non-hydrogen) atoms. The number of halogens is 2. The minimum absolute atomic E-state index is 0.147. The first-order valence-corrected chi connectivity index (χ1v) is 6.86. The molecule has 0 unspecified atom stereocenters. The van der Waals surface area contributed by atoms with Crippen LogP contribution in [-0.4, -0.2) is 19.7 Å². The molecule has 7 heteroatoms. The Bertz CT molecular complexity index is 448. The van der Waals surface area contributed by atoms with Gasteiger partial charge in [0, 0.05) is 24.8 Å². The van der Waals surface area contributed by atoms with Crippen LogP contribution in [0.2, 0.25) is 5.02 Å². The van der Waals surface area contributed by atoms with Crippen molar-refractivity contribution in [3.63, 3.8) is 0 Å². The van der Waals surface area contributed by atoms with Crippen molar-refractivity contribution >= 4 is 33.2 Å². The van der Waals surface area contributed by atoms with Crippen molar-refractivity contribution in [1.82, 2.24) is 9.71 Å². The van der Waals surface area contributed by atoms with Crippen LogP contribution in [0.25, 0.3) is 0 Å². The summed E-state index contributed by atoms with van der Waals surface area (Å²) in [5, 5.41) is 0.442. The summed E-state index contributed by atoms with van der Waals surface area (Å²) < 4.78 is 24.1. The number of aromatic nitrogens is 1. The predicted octanol–water partition coefficient (Wildman–Crippen LogP) is 1.52. The van der Waals surface area contributed by atoms with E-state index in [4.69, 9.17) is 23.2 Å². The fraction of sp³-hybridized carbons (Fsp3) is 0.375. The van der Waals surface area contributed by atoms with E-state index in [0.717, 1.165) is 6.26 Å². The van der Waals surface area contributed by atoms with E-state index in [1.54, 1.807) is 6.20 Å². The highest BCUT2D eigenvalue weighted by Gasteiger charge is 2.08. The number of pyridine rings is 1. The van der Waals surface area contributed by atoms with Gasteiger partial charge in [0.05, 0.1) is 11.3 Å². The third-order valence-electron chi connectivity index (χ3n) is 1.75. The van der Waals surface area contributed by atoms with Crippen molar-refractivity contribution in [1.29, 1.82) is 0 Å². The average Bonchev–Trinajstić information content (AvgIpc) is 2.13. The number of sulfonamides is 1. The Morgan fingerprint density at radius 3 is 2.67 bits per heavy atom. The van der Waals surface area contributed by atoms with Gasteiger partial charge < -0.3 is 0 Å². The topological polar surface area (TPSA) is 59.1 Å². The number of hydrogen-bond donors (Lipinski definition) is 1. The second-order valence-corrected chi connectivity index (χ2v) is 5.49. The van der Waals surface area contributed by atoms with Gasteiger partial charge in [-0.3, -0.25) is 4.98 Å². The molecule has 0 bridgehead atoms. The van der Waals surface area contributed by atoms with E-state index in [2.05, 4.69) is 9.71 Å². The molecule has 0 spiro atoms. The van der Waals surface area contributed by atoms with Gasteiger partial charge in [0.1, 0.15) is 0 Å². The molecule has 0 aliphatic heterocycles. The van der Waals surface area contributed by atoms with Crippen molar-refractivity contribution < 1.29 is 8.42 Å². The quantitative estimate of drug-likeness (QED) is 0.843. The smallest absolute Gasteiger partial charge is 0.209 e.